The minimum atomic E-state index is -0.0247. The van der Waals surface area contributed by atoms with E-state index in [1.165, 1.54) is 0 Å². The van der Waals surface area contributed by atoms with Gasteiger partial charge in [-0.2, -0.15) is 0 Å². The molecule has 3 atom stereocenters. The van der Waals surface area contributed by atoms with Gasteiger partial charge in [-0.15, -0.1) is 0 Å². The average Bonchev–Trinajstić information content (AvgIpc) is 2.69. The minimum Gasteiger partial charge on any atom is -0.396 e. The van der Waals surface area contributed by atoms with Crippen LogP contribution in [0.2, 0.25) is 0 Å². The fourth-order valence-electron chi connectivity index (χ4n) is 1.53. The summed E-state index contributed by atoms with van der Waals surface area (Å²) in [5.74, 6) is 0.177. The third kappa shape index (κ3) is 2.96. The van der Waals surface area contributed by atoms with Crippen LogP contribution in [0.1, 0.15) is 26.7 Å². The van der Waals surface area contributed by atoms with Crippen LogP contribution in [-0.2, 0) is 4.79 Å². The van der Waals surface area contributed by atoms with E-state index >= 15 is 0 Å². The third-order valence-corrected chi connectivity index (χ3v) is 2.89. The maximum absolute atomic E-state index is 11.6. The molecule has 4 nitrogen and oxygen atoms in total. The first-order chi connectivity index (χ1) is 6.65. The summed E-state index contributed by atoms with van der Waals surface area (Å²) < 4.78 is 0. The van der Waals surface area contributed by atoms with E-state index in [1.54, 1.807) is 0 Å². The Balaban J connectivity index is 2.31. The van der Waals surface area contributed by atoms with Gasteiger partial charge in [-0.05, 0) is 32.2 Å². The van der Waals surface area contributed by atoms with Crippen molar-refractivity contribution in [2.75, 3.05) is 13.2 Å². The summed E-state index contributed by atoms with van der Waals surface area (Å²) in [5, 5.41) is 15.0. The number of rotatable bonds is 4. The molecule has 1 amide bonds. The topological polar surface area (TPSA) is 61.4 Å². The highest BCUT2D eigenvalue weighted by atomic mass is 16.3. The van der Waals surface area contributed by atoms with Crippen LogP contribution >= 0.6 is 0 Å². The largest absolute Gasteiger partial charge is 0.396 e. The molecule has 1 rings (SSSR count). The molecule has 14 heavy (non-hydrogen) atoms. The molecule has 0 saturated carbocycles. The van der Waals surface area contributed by atoms with E-state index in [9.17, 15) is 4.79 Å². The van der Waals surface area contributed by atoms with Gasteiger partial charge in [0.25, 0.3) is 0 Å². The van der Waals surface area contributed by atoms with Crippen LogP contribution in [0.5, 0.6) is 0 Å². The molecule has 0 spiro atoms. The number of nitrogens with one attached hydrogen (secondary N) is 2. The quantitative estimate of drug-likeness (QED) is 0.592. The molecule has 1 aliphatic rings. The van der Waals surface area contributed by atoms with E-state index in [2.05, 4.69) is 10.6 Å². The molecule has 3 N–H and O–H groups in total. The number of aliphatic hydroxyl groups excluding tert-OH is 1. The zero-order valence-electron chi connectivity index (χ0n) is 8.92. The maximum atomic E-state index is 11.6. The molecule has 0 bridgehead atoms. The molecular weight excluding hydrogens is 180 g/mol. The second-order valence-electron chi connectivity index (χ2n) is 4.11. The van der Waals surface area contributed by atoms with Crippen molar-refractivity contribution in [3.8, 4) is 0 Å². The van der Waals surface area contributed by atoms with Crippen LogP contribution in [0.25, 0.3) is 0 Å². The first-order valence-corrected chi connectivity index (χ1v) is 5.29. The van der Waals surface area contributed by atoms with Crippen LogP contribution in [0.4, 0.5) is 0 Å². The van der Waals surface area contributed by atoms with Crippen LogP contribution in [0.15, 0.2) is 0 Å². The number of hydrogen-bond acceptors (Lipinski definition) is 3. The first-order valence-electron chi connectivity index (χ1n) is 5.29. The van der Waals surface area contributed by atoms with Gasteiger partial charge < -0.3 is 15.7 Å². The Morgan fingerprint density at radius 3 is 2.86 bits per heavy atom. The number of carbonyl (C=O) groups is 1. The fourth-order valence-corrected chi connectivity index (χ4v) is 1.53. The molecular formula is C10H20N2O2. The van der Waals surface area contributed by atoms with E-state index < -0.39 is 0 Å². The van der Waals surface area contributed by atoms with Crippen molar-refractivity contribution in [1.82, 2.24) is 10.6 Å². The molecule has 0 aromatic heterocycles. The van der Waals surface area contributed by atoms with Crippen molar-refractivity contribution in [2.45, 2.75) is 38.8 Å². The number of aliphatic hydroxyl groups is 1. The van der Waals surface area contributed by atoms with E-state index in [0.29, 0.717) is 0 Å². The lowest BCUT2D eigenvalue weighted by molar-refractivity contribution is -0.123. The Kier molecular flexibility index (Phi) is 4.35. The molecule has 1 aliphatic heterocycles. The van der Waals surface area contributed by atoms with Gasteiger partial charge in [-0.3, -0.25) is 4.79 Å². The van der Waals surface area contributed by atoms with E-state index in [4.69, 9.17) is 5.11 Å². The second-order valence-corrected chi connectivity index (χ2v) is 4.11. The predicted octanol–water partition coefficient (Wildman–Crippen LogP) is -0.128. The molecule has 1 heterocycles. The average molecular weight is 200 g/mol. The van der Waals surface area contributed by atoms with Crippen molar-refractivity contribution >= 4 is 5.91 Å². The highest BCUT2D eigenvalue weighted by Crippen LogP contribution is 2.07. The first kappa shape index (κ1) is 11.5. The van der Waals surface area contributed by atoms with E-state index in [0.717, 1.165) is 19.4 Å². The monoisotopic (exact) mass is 200 g/mol. The minimum absolute atomic E-state index is 0.0247. The molecule has 0 aromatic rings. The smallest absolute Gasteiger partial charge is 0.237 e. The standard InChI is InChI=1S/C10H20N2O2/c1-7(6-13)8(2)12-10(14)9-4-3-5-11-9/h7-9,11,13H,3-6H2,1-2H3,(H,12,14)/t7?,8?,9-/m1/s1. The zero-order valence-corrected chi connectivity index (χ0v) is 8.92. The molecule has 4 heteroatoms. The number of carbonyl (C=O) groups excluding carboxylic acids is 1. The summed E-state index contributed by atoms with van der Waals surface area (Å²) >= 11 is 0. The molecule has 0 radical (unpaired) electrons. The highest BCUT2D eigenvalue weighted by molar-refractivity contribution is 5.82. The lowest BCUT2D eigenvalue weighted by Gasteiger charge is -2.21. The molecule has 2 unspecified atom stereocenters. The van der Waals surface area contributed by atoms with Crippen LogP contribution in [0, 0.1) is 5.92 Å². The third-order valence-electron chi connectivity index (χ3n) is 2.89. The predicted molar refractivity (Wildman–Crippen MR) is 54.9 cm³/mol. The molecule has 0 aromatic carbocycles. The SMILES string of the molecule is CC(CO)C(C)NC(=O)[C@H]1CCCN1. The van der Waals surface area contributed by atoms with Gasteiger partial charge in [0.05, 0.1) is 6.04 Å². The Hall–Kier alpha value is -0.610. The Morgan fingerprint density at radius 1 is 1.64 bits per heavy atom. The normalized spacial score (nSPS) is 25.8. The summed E-state index contributed by atoms with van der Waals surface area (Å²) in [6.45, 7) is 4.89. The Labute approximate surface area is 85.1 Å². The fraction of sp³-hybridized carbons (Fsp3) is 0.900. The van der Waals surface area contributed by atoms with Crippen LogP contribution < -0.4 is 10.6 Å². The maximum Gasteiger partial charge on any atom is 0.237 e. The lowest BCUT2D eigenvalue weighted by atomic mass is 10.0. The van der Waals surface area contributed by atoms with Crippen molar-refractivity contribution in [3.63, 3.8) is 0 Å². The zero-order chi connectivity index (χ0) is 10.6. The van der Waals surface area contributed by atoms with Gasteiger partial charge in [-0.1, -0.05) is 6.92 Å². The van der Waals surface area contributed by atoms with Gasteiger partial charge in [0.2, 0.25) is 5.91 Å². The van der Waals surface area contributed by atoms with Crippen LogP contribution in [-0.4, -0.2) is 36.2 Å². The van der Waals surface area contributed by atoms with Crippen molar-refractivity contribution in [3.05, 3.63) is 0 Å². The van der Waals surface area contributed by atoms with Gasteiger partial charge in [0.15, 0.2) is 0 Å². The molecule has 1 fully saturated rings. The van der Waals surface area contributed by atoms with Gasteiger partial charge in [0, 0.05) is 12.6 Å². The second kappa shape index (κ2) is 5.32. The molecule has 0 aliphatic carbocycles. The van der Waals surface area contributed by atoms with E-state index in [-0.39, 0.29) is 30.5 Å². The number of amides is 1. The summed E-state index contributed by atoms with van der Waals surface area (Å²) in [5.41, 5.74) is 0. The summed E-state index contributed by atoms with van der Waals surface area (Å²) in [6.07, 6.45) is 1.99. The Morgan fingerprint density at radius 2 is 2.36 bits per heavy atom. The summed E-state index contributed by atoms with van der Waals surface area (Å²) in [7, 11) is 0. The molecule has 82 valence electrons. The van der Waals surface area contributed by atoms with Crippen molar-refractivity contribution < 1.29 is 9.90 Å². The van der Waals surface area contributed by atoms with Gasteiger partial charge in [-0.25, -0.2) is 0 Å². The van der Waals surface area contributed by atoms with Crippen molar-refractivity contribution in [2.24, 2.45) is 5.92 Å². The Bertz CT molecular complexity index is 191. The number of hydrogen-bond donors (Lipinski definition) is 3. The van der Waals surface area contributed by atoms with Crippen molar-refractivity contribution in [1.29, 1.82) is 0 Å². The van der Waals surface area contributed by atoms with Gasteiger partial charge >= 0.3 is 0 Å². The van der Waals surface area contributed by atoms with Crippen LogP contribution in [0.3, 0.4) is 0 Å². The lowest BCUT2D eigenvalue weighted by Crippen LogP contribution is -2.46. The highest BCUT2D eigenvalue weighted by Gasteiger charge is 2.24. The van der Waals surface area contributed by atoms with E-state index in [1.807, 2.05) is 13.8 Å². The summed E-state index contributed by atoms with van der Waals surface area (Å²) in [4.78, 5) is 11.6. The summed E-state index contributed by atoms with van der Waals surface area (Å²) in [6, 6.07) is 0.0123. The molecule has 1 saturated heterocycles. The van der Waals surface area contributed by atoms with Gasteiger partial charge in [0.1, 0.15) is 0 Å².